The molecule has 26 heavy (non-hydrogen) atoms. The average Bonchev–Trinajstić information content (AvgIpc) is 3.10. The van der Waals surface area contributed by atoms with E-state index in [0.717, 1.165) is 70.4 Å². The third-order valence-electron chi connectivity index (χ3n) is 4.07. The molecule has 1 unspecified atom stereocenters. The highest BCUT2D eigenvalue weighted by atomic mass is 16.5. The lowest BCUT2D eigenvalue weighted by atomic mass is 10.1. The summed E-state index contributed by atoms with van der Waals surface area (Å²) in [4.78, 5) is 11.7. The maximum atomic E-state index is 11.7. The molecule has 1 rings (SSSR count). The van der Waals surface area contributed by atoms with Gasteiger partial charge in [-0.3, -0.25) is 9.48 Å². The molecule has 1 N–H and O–H groups in total. The number of rotatable bonds is 14. The molecule has 0 aliphatic rings. The van der Waals surface area contributed by atoms with Crippen LogP contribution in [-0.4, -0.2) is 40.2 Å². The van der Waals surface area contributed by atoms with Gasteiger partial charge in [-0.15, -0.1) is 5.10 Å². The first kappa shape index (κ1) is 24.6. The van der Waals surface area contributed by atoms with Crippen molar-refractivity contribution in [3.05, 3.63) is 11.9 Å². The maximum absolute atomic E-state index is 11.7. The lowest BCUT2D eigenvalue weighted by Crippen LogP contribution is -2.31. The Hall–Kier alpha value is -1.43. The van der Waals surface area contributed by atoms with Crippen molar-refractivity contribution in [1.29, 1.82) is 0 Å². The number of hydrogen-bond donors (Lipinski definition) is 1. The summed E-state index contributed by atoms with van der Waals surface area (Å²) in [6.45, 7) is 12.6. The fraction of sp³-hybridized carbons (Fsp3) is 0.850. The van der Waals surface area contributed by atoms with Gasteiger partial charge in [-0.2, -0.15) is 0 Å². The molecule has 0 bridgehead atoms. The van der Waals surface area contributed by atoms with E-state index in [1.165, 1.54) is 0 Å². The molecule has 1 heterocycles. The summed E-state index contributed by atoms with van der Waals surface area (Å²) in [6.07, 6.45) is 9.75. The molecule has 1 amide bonds. The minimum Gasteiger partial charge on any atom is -0.382 e. The van der Waals surface area contributed by atoms with Gasteiger partial charge in [-0.25, -0.2) is 0 Å². The molecule has 0 fully saturated rings. The number of unbranched alkanes of at least 4 members (excludes halogenated alkanes) is 3. The molecule has 0 saturated heterocycles. The molecule has 6 heteroatoms. The smallest absolute Gasteiger partial charge is 0.220 e. The van der Waals surface area contributed by atoms with Crippen LogP contribution in [0.25, 0.3) is 0 Å². The van der Waals surface area contributed by atoms with E-state index in [1.54, 1.807) is 0 Å². The lowest BCUT2D eigenvalue weighted by Gasteiger charge is -2.10. The van der Waals surface area contributed by atoms with Crippen molar-refractivity contribution in [2.45, 2.75) is 98.6 Å². The number of carbonyl (C=O) groups excluding carboxylic acids is 1. The molecule has 0 saturated carbocycles. The Labute approximate surface area is 161 Å². The number of carbonyl (C=O) groups is 1. The van der Waals surface area contributed by atoms with Crippen molar-refractivity contribution >= 4 is 5.91 Å². The van der Waals surface area contributed by atoms with Crippen LogP contribution in [-0.2, 0) is 22.5 Å². The molecule has 0 aliphatic heterocycles. The number of amides is 1. The lowest BCUT2D eigenvalue weighted by molar-refractivity contribution is -0.121. The zero-order chi connectivity index (χ0) is 19.6. The Kier molecular flexibility index (Phi) is 16.1. The number of aromatic nitrogens is 3. The Morgan fingerprint density at radius 1 is 1.23 bits per heavy atom. The van der Waals surface area contributed by atoms with Crippen LogP contribution in [0.1, 0.15) is 86.7 Å². The van der Waals surface area contributed by atoms with Gasteiger partial charge in [-0.05, 0) is 52.4 Å². The molecule has 0 spiro atoms. The van der Waals surface area contributed by atoms with Crippen molar-refractivity contribution in [2.24, 2.45) is 0 Å². The quantitative estimate of drug-likeness (QED) is 0.493. The first-order chi connectivity index (χ1) is 12.7. The van der Waals surface area contributed by atoms with Crippen LogP contribution in [0, 0.1) is 0 Å². The number of nitrogens with one attached hydrogen (secondary N) is 1. The molecule has 6 nitrogen and oxygen atoms in total. The Morgan fingerprint density at radius 3 is 2.69 bits per heavy atom. The van der Waals surface area contributed by atoms with Crippen LogP contribution >= 0.6 is 0 Å². The van der Waals surface area contributed by atoms with Gasteiger partial charge in [0.15, 0.2) is 0 Å². The van der Waals surface area contributed by atoms with Gasteiger partial charge in [-0.1, -0.05) is 32.4 Å². The largest absolute Gasteiger partial charge is 0.382 e. The fourth-order valence-corrected chi connectivity index (χ4v) is 2.40. The summed E-state index contributed by atoms with van der Waals surface area (Å²) in [7, 11) is 0. The summed E-state index contributed by atoms with van der Waals surface area (Å²) in [6, 6.07) is 0.277. The second kappa shape index (κ2) is 17.0. The summed E-state index contributed by atoms with van der Waals surface area (Å²) >= 11 is 0. The zero-order valence-corrected chi connectivity index (χ0v) is 17.6. The first-order valence-electron chi connectivity index (χ1n) is 10.4. The molecule has 1 atom stereocenters. The van der Waals surface area contributed by atoms with Crippen LogP contribution in [0.3, 0.4) is 0 Å². The standard InChI is InChI=1S/C18H34N4O2.C2H6.H2/c1-4-16(3)19-18(23)12-7-6-9-13-22-15-17(20-21-22)11-8-10-14-24-5-2;1-2;/h15-16H,4-14H2,1-3H3,(H,19,23);1-2H3;1H. The third-order valence-corrected chi connectivity index (χ3v) is 4.07. The van der Waals surface area contributed by atoms with Gasteiger partial charge < -0.3 is 10.1 Å². The first-order valence-corrected chi connectivity index (χ1v) is 10.4. The highest BCUT2D eigenvalue weighted by Crippen LogP contribution is 2.05. The van der Waals surface area contributed by atoms with Gasteiger partial charge in [0.05, 0.1) is 5.69 Å². The summed E-state index contributed by atoms with van der Waals surface area (Å²) in [5, 5.41) is 11.4. The molecule has 0 radical (unpaired) electrons. The van der Waals surface area contributed by atoms with Crippen LogP contribution in [0.2, 0.25) is 0 Å². The van der Waals surface area contributed by atoms with E-state index in [1.807, 2.05) is 38.6 Å². The molecule has 1 aromatic heterocycles. The highest BCUT2D eigenvalue weighted by Gasteiger charge is 2.05. The second-order valence-corrected chi connectivity index (χ2v) is 6.31. The molecule has 0 aromatic carbocycles. The minimum atomic E-state index is 0. The summed E-state index contributed by atoms with van der Waals surface area (Å²) in [5.74, 6) is 0.166. The van der Waals surface area contributed by atoms with Crippen molar-refractivity contribution in [2.75, 3.05) is 13.2 Å². The van der Waals surface area contributed by atoms with Crippen molar-refractivity contribution < 1.29 is 11.0 Å². The predicted octanol–water partition coefficient (Wildman–Crippen LogP) is 4.38. The van der Waals surface area contributed by atoms with Crippen LogP contribution < -0.4 is 5.32 Å². The Balaban J connectivity index is 0. The van der Waals surface area contributed by atoms with Crippen molar-refractivity contribution in [3.8, 4) is 0 Å². The van der Waals surface area contributed by atoms with Gasteiger partial charge in [0.2, 0.25) is 5.91 Å². The normalized spacial score (nSPS) is 11.6. The van der Waals surface area contributed by atoms with Gasteiger partial charge in [0.25, 0.3) is 0 Å². The number of aryl methyl sites for hydroxylation is 2. The van der Waals surface area contributed by atoms with E-state index < -0.39 is 0 Å². The molecule has 1 aromatic rings. The van der Waals surface area contributed by atoms with Gasteiger partial charge >= 0.3 is 0 Å². The average molecular weight is 371 g/mol. The van der Waals surface area contributed by atoms with Crippen LogP contribution in [0.5, 0.6) is 0 Å². The SMILES string of the molecule is CC.CCOCCCCc1cn(CCCCCC(=O)NC(C)CC)nn1.[HH]. The van der Waals surface area contributed by atoms with Gasteiger partial charge in [0.1, 0.15) is 0 Å². The Morgan fingerprint density at radius 2 is 2.00 bits per heavy atom. The van der Waals surface area contributed by atoms with Crippen molar-refractivity contribution in [1.82, 2.24) is 20.3 Å². The number of ether oxygens (including phenoxy) is 1. The Bertz CT molecular complexity index is 455. The molecule has 154 valence electrons. The summed E-state index contributed by atoms with van der Waals surface area (Å²) < 4.78 is 7.24. The fourth-order valence-electron chi connectivity index (χ4n) is 2.40. The van der Waals surface area contributed by atoms with E-state index in [4.69, 9.17) is 4.74 Å². The van der Waals surface area contributed by atoms with Crippen LogP contribution in [0.4, 0.5) is 0 Å². The van der Waals surface area contributed by atoms with E-state index in [9.17, 15) is 4.79 Å². The van der Waals surface area contributed by atoms with Crippen molar-refractivity contribution in [3.63, 3.8) is 0 Å². The number of nitrogens with zero attached hydrogens (tertiary/aromatic N) is 3. The molecular weight excluding hydrogens is 328 g/mol. The van der Waals surface area contributed by atoms with E-state index in [-0.39, 0.29) is 13.4 Å². The van der Waals surface area contributed by atoms with E-state index in [0.29, 0.717) is 6.42 Å². The molecule has 0 aliphatic carbocycles. The van der Waals surface area contributed by atoms with Crippen LogP contribution in [0.15, 0.2) is 6.20 Å². The monoisotopic (exact) mass is 370 g/mol. The summed E-state index contributed by atoms with van der Waals surface area (Å²) in [5.41, 5.74) is 1.06. The maximum Gasteiger partial charge on any atom is 0.220 e. The second-order valence-electron chi connectivity index (χ2n) is 6.31. The number of hydrogen-bond acceptors (Lipinski definition) is 4. The minimum absolute atomic E-state index is 0. The van der Waals surface area contributed by atoms with E-state index >= 15 is 0 Å². The predicted molar refractivity (Wildman–Crippen MR) is 109 cm³/mol. The third kappa shape index (κ3) is 12.9. The highest BCUT2D eigenvalue weighted by molar-refractivity contribution is 5.76. The topological polar surface area (TPSA) is 69.0 Å². The van der Waals surface area contributed by atoms with E-state index in [2.05, 4.69) is 22.6 Å². The zero-order valence-electron chi connectivity index (χ0n) is 17.6. The molecular formula is C20H42N4O2. The van der Waals surface area contributed by atoms with Gasteiger partial charge in [0, 0.05) is 39.8 Å².